The number of nitriles is 2. The van der Waals surface area contributed by atoms with Crippen molar-refractivity contribution in [1.29, 1.82) is 10.5 Å². The molecule has 136 valence electrons. The number of anilines is 4. The van der Waals surface area contributed by atoms with E-state index < -0.39 is 30.7 Å². The van der Waals surface area contributed by atoms with E-state index in [9.17, 15) is 0 Å². The molecule has 6 nitrogen and oxygen atoms in total. The molecule has 0 saturated heterocycles. The molecule has 3 rings (SSSR count). The van der Waals surface area contributed by atoms with Crippen molar-refractivity contribution in [1.82, 2.24) is 9.97 Å². The Morgan fingerprint density at radius 1 is 1.14 bits per heavy atom. The summed E-state index contributed by atoms with van der Waals surface area (Å²) in [6.07, 6.45) is 1.64. The Morgan fingerprint density at radius 3 is 2.64 bits per heavy atom. The zero-order chi connectivity index (χ0) is 27.7. The minimum Gasteiger partial charge on any atom is -0.340 e. The highest BCUT2D eigenvalue weighted by atomic mass is 15.1. The number of nitrogens with one attached hydrogen (secondary N) is 2. The summed E-state index contributed by atoms with van der Waals surface area (Å²) in [6, 6.07) is 4.38. The monoisotopic (exact) mass is 375 g/mol. The number of hydrogen-bond acceptors (Lipinski definition) is 6. The van der Waals surface area contributed by atoms with Gasteiger partial charge < -0.3 is 10.6 Å². The van der Waals surface area contributed by atoms with E-state index in [4.69, 9.17) is 22.9 Å². The molecular weight excluding hydrogens is 348 g/mol. The zero-order valence-electron chi connectivity index (χ0n) is 23.6. The van der Waals surface area contributed by atoms with Crippen molar-refractivity contribution in [2.45, 2.75) is 13.8 Å². The SMILES string of the molecule is [2H]c1cc(C#N)cc([2H])c1Nc1nc([2H])c([2H])c(Nc2c(C)c([2H])c(/C=C/C#N)c([2H])c2C([2H])([2H])[2H])n1. The van der Waals surface area contributed by atoms with Crippen LogP contribution < -0.4 is 10.6 Å². The summed E-state index contributed by atoms with van der Waals surface area (Å²) in [5.41, 5.74) is -0.567. The van der Waals surface area contributed by atoms with Crippen molar-refractivity contribution in [3.63, 3.8) is 0 Å². The van der Waals surface area contributed by atoms with Crippen LogP contribution in [0.15, 0.2) is 54.6 Å². The first-order valence-corrected chi connectivity index (χ1v) is 7.91. The molecule has 0 aliphatic carbocycles. The van der Waals surface area contributed by atoms with Gasteiger partial charge in [-0.3, -0.25) is 0 Å². The van der Waals surface area contributed by atoms with E-state index >= 15 is 0 Å². The minimum atomic E-state index is -2.82. The Morgan fingerprint density at radius 2 is 1.93 bits per heavy atom. The third-order valence-corrected chi connectivity index (χ3v) is 3.44. The van der Waals surface area contributed by atoms with Gasteiger partial charge in [0, 0.05) is 27.7 Å². The molecule has 2 N–H and O–H groups in total. The van der Waals surface area contributed by atoms with Gasteiger partial charge in [0.15, 0.2) is 0 Å². The van der Waals surface area contributed by atoms with Gasteiger partial charge in [-0.2, -0.15) is 15.5 Å². The number of rotatable bonds is 5. The van der Waals surface area contributed by atoms with Crippen molar-refractivity contribution in [3.8, 4) is 12.1 Å². The highest BCUT2D eigenvalue weighted by Gasteiger charge is 2.07. The van der Waals surface area contributed by atoms with Crippen LogP contribution >= 0.6 is 0 Å². The van der Waals surface area contributed by atoms with Gasteiger partial charge >= 0.3 is 0 Å². The minimum absolute atomic E-state index is 0.0584. The maximum absolute atomic E-state index is 9.01. The van der Waals surface area contributed by atoms with Gasteiger partial charge in [0.1, 0.15) is 5.82 Å². The maximum Gasteiger partial charge on any atom is 0.229 e. The van der Waals surface area contributed by atoms with Gasteiger partial charge in [0.05, 0.1) is 25.9 Å². The van der Waals surface area contributed by atoms with E-state index in [1.807, 2.05) is 6.07 Å². The fourth-order valence-corrected chi connectivity index (χ4v) is 2.20. The van der Waals surface area contributed by atoms with Crippen LogP contribution in [0.3, 0.4) is 0 Å². The summed E-state index contributed by atoms with van der Waals surface area (Å²) in [5.74, 6) is -0.601. The molecule has 6 heteroatoms. The second-order valence-corrected chi connectivity index (χ2v) is 5.40. The first kappa shape index (κ1) is 10.2. The molecule has 28 heavy (non-hydrogen) atoms. The highest BCUT2D eigenvalue weighted by Crippen LogP contribution is 2.26. The van der Waals surface area contributed by atoms with Crippen LogP contribution in [0.4, 0.5) is 23.1 Å². The lowest BCUT2D eigenvalue weighted by molar-refractivity contribution is 1.16. The molecule has 0 bridgehead atoms. The summed E-state index contributed by atoms with van der Waals surface area (Å²) in [7, 11) is 0. The topological polar surface area (TPSA) is 97.4 Å². The summed E-state index contributed by atoms with van der Waals surface area (Å²) >= 11 is 0. The Balaban J connectivity index is 2.17. The number of hydrogen-bond donors (Lipinski definition) is 2. The van der Waals surface area contributed by atoms with Gasteiger partial charge in [0.25, 0.3) is 0 Å². The summed E-state index contributed by atoms with van der Waals surface area (Å²) in [4.78, 5) is 7.94. The second-order valence-electron chi connectivity index (χ2n) is 5.40. The van der Waals surface area contributed by atoms with E-state index in [2.05, 4.69) is 20.6 Å². The molecule has 0 unspecified atom stereocenters. The second kappa shape index (κ2) is 8.48. The average Bonchev–Trinajstić information content (AvgIpc) is 2.81. The van der Waals surface area contributed by atoms with Crippen molar-refractivity contribution in [3.05, 3.63) is 76.8 Å². The van der Waals surface area contributed by atoms with Crippen LogP contribution in [0.2, 0.25) is 0 Å². The third kappa shape index (κ3) is 4.51. The highest BCUT2D eigenvalue weighted by molar-refractivity contribution is 5.69. The standard InChI is InChI=1S/C22H18N6/c1-15-12-18(4-3-10-23)13-16(2)21(15)27-20-9-11-25-22(28-20)26-19-7-5-17(14-24)6-8-19/h3-9,11-13H,1-2H3,(H2,25,26,27,28)/b4-3+/i1D3,7D,8D,9D,11D,12D,13D. The van der Waals surface area contributed by atoms with E-state index in [0.717, 1.165) is 6.08 Å². The normalized spacial score (nSPS) is 15.3. The molecule has 1 heterocycles. The van der Waals surface area contributed by atoms with Crippen LogP contribution in [0.1, 0.15) is 34.6 Å². The van der Waals surface area contributed by atoms with Gasteiger partial charge in [-0.05, 0) is 78.9 Å². The van der Waals surface area contributed by atoms with Gasteiger partial charge in [-0.1, -0.05) is 0 Å². The molecule has 3 aromatic rings. The van der Waals surface area contributed by atoms with Crippen LogP contribution in [-0.2, 0) is 0 Å². The number of allylic oxidation sites excluding steroid dienone is 1. The summed E-state index contributed by atoms with van der Waals surface area (Å²) in [6.45, 7) is -1.39. The molecule has 0 radical (unpaired) electrons. The molecule has 1 aromatic heterocycles. The fourth-order valence-electron chi connectivity index (χ4n) is 2.20. The largest absolute Gasteiger partial charge is 0.340 e. The van der Waals surface area contributed by atoms with E-state index in [0.29, 0.717) is 0 Å². The average molecular weight is 375 g/mol. The van der Waals surface area contributed by atoms with E-state index in [1.165, 1.54) is 25.1 Å². The molecule has 0 atom stereocenters. The van der Waals surface area contributed by atoms with Gasteiger partial charge in [0.2, 0.25) is 5.95 Å². The Bertz CT molecular complexity index is 1490. The lowest BCUT2D eigenvalue weighted by Gasteiger charge is -2.14. The zero-order valence-corrected chi connectivity index (χ0v) is 14.6. The molecule has 0 aliphatic heterocycles. The van der Waals surface area contributed by atoms with E-state index in [-0.39, 0.29) is 58.0 Å². The molecule has 0 amide bonds. The smallest absolute Gasteiger partial charge is 0.229 e. The van der Waals surface area contributed by atoms with Crippen LogP contribution in [-0.4, -0.2) is 9.97 Å². The summed E-state index contributed by atoms with van der Waals surface area (Å²) in [5, 5.41) is 23.1. The molecule has 0 saturated carbocycles. The lowest BCUT2D eigenvalue weighted by Crippen LogP contribution is -2.02. The number of nitrogens with zero attached hydrogens (tertiary/aromatic N) is 4. The Kier molecular flexibility index (Phi) is 3.10. The Hall–Kier alpha value is -4.16. The van der Waals surface area contributed by atoms with Crippen molar-refractivity contribution in [2.24, 2.45) is 0 Å². The molecule has 0 spiro atoms. The van der Waals surface area contributed by atoms with Gasteiger partial charge in [-0.15, -0.1) is 0 Å². The van der Waals surface area contributed by atoms with Crippen molar-refractivity contribution < 1.29 is 12.3 Å². The van der Waals surface area contributed by atoms with E-state index in [1.54, 1.807) is 6.07 Å². The van der Waals surface area contributed by atoms with Crippen LogP contribution in [0.5, 0.6) is 0 Å². The summed E-state index contributed by atoms with van der Waals surface area (Å²) < 4.78 is 73.0. The molecular formula is C22H18N6. The first-order chi connectivity index (χ1) is 17.3. The molecule has 0 fully saturated rings. The third-order valence-electron chi connectivity index (χ3n) is 3.44. The number of benzene rings is 2. The lowest BCUT2D eigenvalue weighted by atomic mass is 10.0. The number of aromatic nitrogens is 2. The van der Waals surface area contributed by atoms with Crippen LogP contribution in [0.25, 0.3) is 6.08 Å². The Labute approximate surface area is 176 Å². The van der Waals surface area contributed by atoms with Crippen molar-refractivity contribution >= 4 is 29.2 Å². The predicted molar refractivity (Wildman–Crippen MR) is 110 cm³/mol. The fraction of sp³-hybridized carbons (Fsp3) is 0.0909. The van der Waals surface area contributed by atoms with Crippen LogP contribution in [0, 0.1) is 36.4 Å². The molecule has 0 aliphatic rings. The quantitative estimate of drug-likeness (QED) is 0.610. The molecule has 2 aromatic carbocycles. The van der Waals surface area contributed by atoms with Crippen molar-refractivity contribution in [2.75, 3.05) is 10.6 Å². The van der Waals surface area contributed by atoms with Gasteiger partial charge in [-0.25, -0.2) is 4.98 Å². The predicted octanol–water partition coefficient (Wildman–Crippen LogP) is 4.99. The first-order valence-electron chi connectivity index (χ1n) is 12.4. The maximum atomic E-state index is 9.01.